The summed E-state index contributed by atoms with van der Waals surface area (Å²) in [5, 5.41) is 6.78. The highest BCUT2D eigenvalue weighted by atomic mass is 16.5. The van der Waals surface area contributed by atoms with Gasteiger partial charge in [0.05, 0.1) is 12.6 Å². The number of anilines is 1. The van der Waals surface area contributed by atoms with E-state index in [9.17, 15) is 4.79 Å². The van der Waals surface area contributed by atoms with Crippen LogP contribution in [-0.2, 0) is 4.79 Å². The Morgan fingerprint density at radius 3 is 2.89 bits per heavy atom. The molecule has 1 amide bonds. The van der Waals surface area contributed by atoms with Crippen molar-refractivity contribution in [3.63, 3.8) is 0 Å². The Labute approximate surface area is 111 Å². The van der Waals surface area contributed by atoms with Crippen molar-refractivity contribution in [2.24, 2.45) is 0 Å². The van der Waals surface area contributed by atoms with Gasteiger partial charge in [-0.2, -0.15) is 0 Å². The third-order valence-corrected chi connectivity index (χ3v) is 2.63. The molecule has 0 aliphatic heterocycles. The predicted octanol–water partition coefficient (Wildman–Crippen LogP) is 1.19. The Morgan fingerprint density at radius 2 is 2.16 bits per heavy atom. The van der Waals surface area contributed by atoms with E-state index < -0.39 is 0 Å². The van der Waals surface area contributed by atoms with Gasteiger partial charge in [0, 0.05) is 25.4 Å². The third-order valence-electron chi connectivity index (χ3n) is 2.63. The van der Waals surface area contributed by atoms with E-state index in [1.54, 1.807) is 7.11 Å². The van der Waals surface area contributed by atoms with Crippen molar-refractivity contribution in [2.45, 2.75) is 6.92 Å². The highest BCUT2D eigenvalue weighted by Gasteiger charge is 2.04. The first-order chi connectivity index (χ1) is 9.20. The second kappa shape index (κ2) is 5.99. The number of amides is 1. The van der Waals surface area contributed by atoms with E-state index >= 15 is 0 Å². The molecule has 2 aromatic rings. The van der Waals surface area contributed by atoms with Crippen molar-refractivity contribution < 1.29 is 9.53 Å². The van der Waals surface area contributed by atoms with Crippen molar-refractivity contribution in [3.05, 3.63) is 24.5 Å². The van der Waals surface area contributed by atoms with E-state index in [1.165, 1.54) is 13.3 Å². The van der Waals surface area contributed by atoms with E-state index in [1.807, 2.05) is 18.2 Å². The largest absolute Gasteiger partial charge is 0.497 e. The van der Waals surface area contributed by atoms with E-state index in [2.05, 4.69) is 20.6 Å². The van der Waals surface area contributed by atoms with Gasteiger partial charge < -0.3 is 15.4 Å². The topological polar surface area (TPSA) is 76.1 Å². The van der Waals surface area contributed by atoms with Gasteiger partial charge >= 0.3 is 0 Å². The summed E-state index contributed by atoms with van der Waals surface area (Å²) in [7, 11) is 1.62. The number of benzene rings is 1. The summed E-state index contributed by atoms with van der Waals surface area (Å²) in [6, 6.07) is 5.63. The van der Waals surface area contributed by atoms with Crippen LogP contribution in [0.1, 0.15) is 6.92 Å². The Hall–Kier alpha value is -2.37. The van der Waals surface area contributed by atoms with E-state index in [0.717, 1.165) is 22.5 Å². The fraction of sp³-hybridized carbons (Fsp3) is 0.308. The van der Waals surface area contributed by atoms with Gasteiger partial charge in [0.1, 0.15) is 17.9 Å². The van der Waals surface area contributed by atoms with Crippen LogP contribution < -0.4 is 15.4 Å². The Bertz CT molecular complexity index is 586. The van der Waals surface area contributed by atoms with Crippen molar-refractivity contribution in [3.8, 4) is 5.75 Å². The quantitative estimate of drug-likeness (QED) is 0.790. The number of ether oxygens (including phenoxy) is 1. The number of hydrogen-bond acceptors (Lipinski definition) is 5. The molecule has 2 N–H and O–H groups in total. The normalized spacial score (nSPS) is 10.2. The zero-order valence-corrected chi connectivity index (χ0v) is 10.9. The molecule has 0 aliphatic carbocycles. The summed E-state index contributed by atoms with van der Waals surface area (Å²) in [5.74, 6) is 1.44. The molecule has 2 rings (SSSR count). The minimum atomic E-state index is -0.0454. The molecule has 0 fully saturated rings. The van der Waals surface area contributed by atoms with Gasteiger partial charge in [-0.1, -0.05) is 0 Å². The molecule has 0 aliphatic rings. The molecule has 6 nitrogen and oxygen atoms in total. The number of nitrogens with one attached hydrogen (secondary N) is 2. The molecule has 100 valence electrons. The average Bonchev–Trinajstić information content (AvgIpc) is 2.43. The highest BCUT2D eigenvalue weighted by Crippen LogP contribution is 2.23. The third kappa shape index (κ3) is 3.31. The molecule has 0 radical (unpaired) electrons. The number of fused-ring (bicyclic) bond motifs is 1. The van der Waals surface area contributed by atoms with Gasteiger partial charge in [-0.3, -0.25) is 4.79 Å². The molecule has 6 heteroatoms. The van der Waals surface area contributed by atoms with Gasteiger partial charge in [0.15, 0.2) is 0 Å². The number of hydrogen-bond donors (Lipinski definition) is 2. The van der Waals surface area contributed by atoms with E-state index in [0.29, 0.717) is 13.1 Å². The maximum atomic E-state index is 10.8. The fourth-order valence-corrected chi connectivity index (χ4v) is 1.72. The van der Waals surface area contributed by atoms with Crippen LogP contribution in [0.2, 0.25) is 0 Å². The lowest BCUT2D eigenvalue weighted by molar-refractivity contribution is -0.118. The monoisotopic (exact) mass is 260 g/mol. The van der Waals surface area contributed by atoms with E-state index in [-0.39, 0.29) is 5.91 Å². The van der Waals surface area contributed by atoms with Crippen molar-refractivity contribution >= 4 is 22.6 Å². The average molecular weight is 260 g/mol. The second-order valence-corrected chi connectivity index (χ2v) is 4.02. The molecule has 1 heterocycles. The van der Waals surface area contributed by atoms with Crippen LogP contribution in [0.4, 0.5) is 5.82 Å². The van der Waals surface area contributed by atoms with Gasteiger partial charge in [-0.05, 0) is 18.2 Å². The molecule has 0 saturated carbocycles. The molecule has 19 heavy (non-hydrogen) atoms. The lowest BCUT2D eigenvalue weighted by Crippen LogP contribution is -2.26. The summed E-state index contributed by atoms with van der Waals surface area (Å²) in [5.41, 5.74) is 0.845. The van der Waals surface area contributed by atoms with Crippen LogP contribution in [-0.4, -0.2) is 36.1 Å². The van der Waals surface area contributed by atoms with Crippen LogP contribution in [0, 0.1) is 0 Å². The lowest BCUT2D eigenvalue weighted by Gasteiger charge is -2.09. The van der Waals surface area contributed by atoms with Crippen LogP contribution in [0.5, 0.6) is 5.75 Å². The van der Waals surface area contributed by atoms with Crippen LogP contribution in [0.25, 0.3) is 10.9 Å². The molecule has 1 aromatic carbocycles. The molecule has 0 saturated heterocycles. The Morgan fingerprint density at radius 1 is 1.32 bits per heavy atom. The number of carbonyl (C=O) groups is 1. The van der Waals surface area contributed by atoms with Gasteiger partial charge in [0.25, 0.3) is 0 Å². The number of carbonyl (C=O) groups excluding carboxylic acids is 1. The Balaban J connectivity index is 2.15. The number of aromatic nitrogens is 2. The van der Waals surface area contributed by atoms with Crippen LogP contribution in [0.15, 0.2) is 24.5 Å². The van der Waals surface area contributed by atoms with Crippen molar-refractivity contribution in [2.75, 3.05) is 25.5 Å². The predicted molar refractivity (Wildman–Crippen MR) is 73.3 cm³/mol. The van der Waals surface area contributed by atoms with E-state index in [4.69, 9.17) is 4.74 Å². The number of methoxy groups -OCH3 is 1. The molecule has 0 unspecified atom stereocenters. The first-order valence-electron chi connectivity index (χ1n) is 5.98. The first-order valence-corrected chi connectivity index (χ1v) is 5.98. The minimum absolute atomic E-state index is 0.0454. The number of rotatable bonds is 5. The Kier molecular flexibility index (Phi) is 4.12. The molecule has 1 aromatic heterocycles. The summed E-state index contributed by atoms with van der Waals surface area (Å²) >= 11 is 0. The molecular formula is C13H16N4O2. The number of nitrogens with zero attached hydrogens (tertiary/aromatic N) is 2. The van der Waals surface area contributed by atoms with Crippen molar-refractivity contribution in [1.82, 2.24) is 15.3 Å². The van der Waals surface area contributed by atoms with Gasteiger partial charge in [-0.15, -0.1) is 0 Å². The molecule has 0 bridgehead atoms. The van der Waals surface area contributed by atoms with Gasteiger partial charge in [-0.25, -0.2) is 9.97 Å². The first kappa shape index (κ1) is 13.1. The summed E-state index contributed by atoms with van der Waals surface area (Å²) in [6.45, 7) is 2.64. The lowest BCUT2D eigenvalue weighted by atomic mass is 10.2. The minimum Gasteiger partial charge on any atom is -0.497 e. The smallest absolute Gasteiger partial charge is 0.216 e. The summed E-state index contributed by atoms with van der Waals surface area (Å²) in [6.07, 6.45) is 1.51. The van der Waals surface area contributed by atoms with Crippen LogP contribution >= 0.6 is 0 Å². The molecule has 0 spiro atoms. The van der Waals surface area contributed by atoms with Crippen LogP contribution in [0.3, 0.4) is 0 Å². The molecule has 0 atom stereocenters. The SMILES string of the molecule is COc1ccc2ncnc(NCCNC(C)=O)c2c1. The molecular weight excluding hydrogens is 244 g/mol. The standard InChI is InChI=1S/C13H16N4O2/c1-9(18)14-5-6-15-13-11-7-10(19-2)3-4-12(11)16-8-17-13/h3-4,7-8H,5-6H2,1-2H3,(H,14,18)(H,15,16,17). The zero-order valence-electron chi connectivity index (χ0n) is 10.9. The zero-order chi connectivity index (χ0) is 13.7. The van der Waals surface area contributed by atoms with Crippen molar-refractivity contribution in [1.29, 1.82) is 0 Å². The highest BCUT2D eigenvalue weighted by molar-refractivity contribution is 5.89. The summed E-state index contributed by atoms with van der Waals surface area (Å²) < 4.78 is 5.19. The maximum Gasteiger partial charge on any atom is 0.216 e. The maximum absolute atomic E-state index is 10.8. The second-order valence-electron chi connectivity index (χ2n) is 4.02. The summed E-state index contributed by atoms with van der Waals surface area (Å²) in [4.78, 5) is 19.2. The fourth-order valence-electron chi connectivity index (χ4n) is 1.72. The van der Waals surface area contributed by atoms with Gasteiger partial charge in [0.2, 0.25) is 5.91 Å².